The largest absolute Gasteiger partial charge is 0.384 e. The molecule has 2 rings (SSSR count). The van der Waals surface area contributed by atoms with E-state index in [-0.39, 0.29) is 12.4 Å². The maximum Gasteiger partial charge on any atom is 0.121 e. The minimum Gasteiger partial charge on any atom is -0.384 e. The van der Waals surface area contributed by atoms with Crippen molar-refractivity contribution in [1.82, 2.24) is 9.78 Å². The average molecular weight is 244 g/mol. The fourth-order valence-electron chi connectivity index (χ4n) is 1.24. The molecule has 0 aliphatic carbocycles. The van der Waals surface area contributed by atoms with Crippen LogP contribution in [-0.4, -0.2) is 9.78 Å². The summed E-state index contributed by atoms with van der Waals surface area (Å²) in [4.78, 5) is 0. The number of nitrogen functional groups attached to an aromatic ring is 1. The molecule has 2 aromatic rings. The number of halogens is 2. The van der Waals surface area contributed by atoms with Crippen LogP contribution in [-0.2, 0) is 7.05 Å². The Kier molecular flexibility index (Phi) is 3.61. The molecule has 0 radical (unpaired) electrons. The third-order valence-electron chi connectivity index (χ3n) is 2.06. The summed E-state index contributed by atoms with van der Waals surface area (Å²) in [5.41, 5.74) is 7.56. The molecule has 3 nitrogen and oxygen atoms in total. The molecule has 5 heteroatoms. The Hall–Kier alpha value is -1.19. The van der Waals surface area contributed by atoms with Gasteiger partial charge >= 0.3 is 0 Å². The van der Waals surface area contributed by atoms with Crippen molar-refractivity contribution in [2.75, 3.05) is 5.73 Å². The second-order valence-electron chi connectivity index (χ2n) is 3.08. The topological polar surface area (TPSA) is 43.8 Å². The molecule has 15 heavy (non-hydrogen) atoms. The van der Waals surface area contributed by atoms with Crippen LogP contribution in [0.15, 0.2) is 30.3 Å². The number of aromatic nitrogens is 2. The van der Waals surface area contributed by atoms with Crippen LogP contribution in [0, 0.1) is 0 Å². The lowest BCUT2D eigenvalue weighted by Gasteiger charge is -1.95. The van der Waals surface area contributed by atoms with Crippen molar-refractivity contribution >= 4 is 29.8 Å². The van der Waals surface area contributed by atoms with E-state index in [9.17, 15) is 0 Å². The highest BCUT2D eigenvalue weighted by Crippen LogP contribution is 2.21. The van der Waals surface area contributed by atoms with Gasteiger partial charge in [0.25, 0.3) is 0 Å². The Bertz CT molecular complexity index is 429. The van der Waals surface area contributed by atoms with Gasteiger partial charge < -0.3 is 5.73 Å². The summed E-state index contributed by atoms with van der Waals surface area (Å²) < 4.78 is 1.64. The van der Waals surface area contributed by atoms with Crippen LogP contribution in [0.2, 0.25) is 5.02 Å². The summed E-state index contributed by atoms with van der Waals surface area (Å²) in [6, 6.07) is 9.35. The first kappa shape index (κ1) is 11.9. The summed E-state index contributed by atoms with van der Waals surface area (Å²) >= 11 is 5.79. The van der Waals surface area contributed by atoms with E-state index < -0.39 is 0 Å². The van der Waals surface area contributed by atoms with E-state index in [0.717, 1.165) is 16.3 Å². The Labute approximate surface area is 99.3 Å². The molecule has 0 atom stereocenters. The Morgan fingerprint density at radius 3 is 2.33 bits per heavy atom. The molecular formula is C10H11Cl2N3. The Morgan fingerprint density at radius 1 is 1.27 bits per heavy atom. The quantitative estimate of drug-likeness (QED) is 0.838. The highest BCUT2D eigenvalue weighted by Gasteiger charge is 2.03. The van der Waals surface area contributed by atoms with Gasteiger partial charge in [-0.25, -0.2) is 0 Å². The standard InChI is InChI=1S/C10H10ClN3.ClH/c1-14-10(12)6-9(13-14)7-2-4-8(11)5-3-7;/h2-6H,12H2,1H3;1H. The highest BCUT2D eigenvalue weighted by atomic mass is 35.5. The second kappa shape index (κ2) is 4.55. The number of nitrogens with zero attached hydrogens (tertiary/aromatic N) is 2. The number of rotatable bonds is 1. The smallest absolute Gasteiger partial charge is 0.121 e. The minimum absolute atomic E-state index is 0. The van der Waals surface area contributed by atoms with Gasteiger partial charge in [0.2, 0.25) is 0 Å². The highest BCUT2D eigenvalue weighted by molar-refractivity contribution is 6.30. The van der Waals surface area contributed by atoms with E-state index in [1.54, 1.807) is 4.68 Å². The molecule has 1 heterocycles. The van der Waals surface area contributed by atoms with Gasteiger partial charge in [0.05, 0.1) is 5.69 Å². The average Bonchev–Trinajstić information content (AvgIpc) is 2.48. The summed E-state index contributed by atoms with van der Waals surface area (Å²) in [7, 11) is 1.81. The number of benzene rings is 1. The predicted molar refractivity (Wildman–Crippen MR) is 65.3 cm³/mol. The monoisotopic (exact) mass is 243 g/mol. The molecule has 0 spiro atoms. The fraction of sp³-hybridized carbons (Fsp3) is 0.100. The van der Waals surface area contributed by atoms with E-state index in [4.69, 9.17) is 17.3 Å². The van der Waals surface area contributed by atoms with Gasteiger partial charge in [-0.3, -0.25) is 4.68 Å². The van der Waals surface area contributed by atoms with Crippen molar-refractivity contribution in [2.45, 2.75) is 0 Å². The van der Waals surface area contributed by atoms with Gasteiger partial charge in [-0.1, -0.05) is 23.7 Å². The molecule has 0 aliphatic heterocycles. The molecule has 80 valence electrons. The van der Waals surface area contributed by atoms with Crippen LogP contribution in [0.3, 0.4) is 0 Å². The van der Waals surface area contributed by atoms with E-state index in [0.29, 0.717) is 5.82 Å². The number of hydrogen-bond acceptors (Lipinski definition) is 2. The zero-order chi connectivity index (χ0) is 10.1. The van der Waals surface area contributed by atoms with E-state index >= 15 is 0 Å². The van der Waals surface area contributed by atoms with Crippen molar-refractivity contribution < 1.29 is 0 Å². The molecular weight excluding hydrogens is 233 g/mol. The summed E-state index contributed by atoms with van der Waals surface area (Å²) in [5, 5.41) is 4.98. The lowest BCUT2D eigenvalue weighted by Crippen LogP contribution is -1.96. The molecule has 0 unspecified atom stereocenters. The molecule has 1 aromatic carbocycles. The Morgan fingerprint density at radius 2 is 1.87 bits per heavy atom. The maximum atomic E-state index is 5.79. The zero-order valence-corrected chi connectivity index (χ0v) is 9.72. The second-order valence-corrected chi connectivity index (χ2v) is 3.52. The first-order valence-electron chi connectivity index (χ1n) is 4.22. The molecule has 0 amide bonds. The lowest BCUT2D eigenvalue weighted by atomic mass is 10.1. The predicted octanol–water partition coefficient (Wildman–Crippen LogP) is 2.74. The minimum atomic E-state index is 0. The maximum absolute atomic E-state index is 5.79. The third-order valence-corrected chi connectivity index (χ3v) is 2.31. The first-order chi connectivity index (χ1) is 6.66. The van der Waals surface area contributed by atoms with Crippen LogP contribution in [0.1, 0.15) is 0 Å². The van der Waals surface area contributed by atoms with Crippen molar-refractivity contribution in [3.05, 3.63) is 35.4 Å². The number of nitrogens with two attached hydrogens (primary N) is 1. The van der Waals surface area contributed by atoms with E-state index in [2.05, 4.69) is 5.10 Å². The van der Waals surface area contributed by atoms with Crippen molar-refractivity contribution in [2.24, 2.45) is 7.05 Å². The van der Waals surface area contributed by atoms with Crippen LogP contribution >= 0.6 is 24.0 Å². The van der Waals surface area contributed by atoms with Crippen molar-refractivity contribution in [3.8, 4) is 11.3 Å². The summed E-state index contributed by atoms with van der Waals surface area (Å²) in [6.07, 6.45) is 0. The Balaban J connectivity index is 0.00000112. The summed E-state index contributed by atoms with van der Waals surface area (Å²) in [6.45, 7) is 0. The number of hydrogen-bond donors (Lipinski definition) is 1. The van der Waals surface area contributed by atoms with Gasteiger partial charge in [-0.15, -0.1) is 12.4 Å². The fourth-order valence-corrected chi connectivity index (χ4v) is 1.37. The molecule has 0 fully saturated rings. The summed E-state index contributed by atoms with van der Waals surface area (Å²) in [5.74, 6) is 0.648. The molecule has 2 N–H and O–H groups in total. The molecule has 0 saturated carbocycles. The van der Waals surface area contributed by atoms with Crippen molar-refractivity contribution in [3.63, 3.8) is 0 Å². The van der Waals surface area contributed by atoms with E-state index in [1.165, 1.54) is 0 Å². The van der Waals surface area contributed by atoms with Crippen LogP contribution < -0.4 is 5.73 Å². The van der Waals surface area contributed by atoms with Gasteiger partial charge in [0.1, 0.15) is 5.82 Å². The molecule has 0 bridgehead atoms. The lowest BCUT2D eigenvalue weighted by molar-refractivity contribution is 0.782. The van der Waals surface area contributed by atoms with Gasteiger partial charge in [-0.2, -0.15) is 5.10 Å². The van der Waals surface area contributed by atoms with Crippen LogP contribution in [0.4, 0.5) is 5.82 Å². The van der Waals surface area contributed by atoms with Crippen LogP contribution in [0.5, 0.6) is 0 Å². The van der Waals surface area contributed by atoms with E-state index in [1.807, 2.05) is 37.4 Å². The van der Waals surface area contributed by atoms with Gasteiger partial charge in [0.15, 0.2) is 0 Å². The zero-order valence-electron chi connectivity index (χ0n) is 8.14. The van der Waals surface area contributed by atoms with Gasteiger partial charge in [-0.05, 0) is 12.1 Å². The molecule has 0 aliphatic rings. The van der Waals surface area contributed by atoms with Gasteiger partial charge in [0, 0.05) is 23.7 Å². The normalized spacial score (nSPS) is 9.73. The third kappa shape index (κ3) is 2.43. The molecule has 0 saturated heterocycles. The number of anilines is 1. The first-order valence-corrected chi connectivity index (χ1v) is 4.60. The van der Waals surface area contributed by atoms with Crippen molar-refractivity contribution in [1.29, 1.82) is 0 Å². The molecule has 1 aromatic heterocycles. The number of aryl methyl sites for hydroxylation is 1. The van der Waals surface area contributed by atoms with Crippen LogP contribution in [0.25, 0.3) is 11.3 Å². The SMILES string of the molecule is Cl.Cn1nc(-c2ccc(Cl)cc2)cc1N.